The van der Waals surface area contributed by atoms with Crippen molar-refractivity contribution in [3.8, 4) is 0 Å². The molecule has 0 aliphatic carbocycles. The van der Waals surface area contributed by atoms with Gasteiger partial charge in [0, 0.05) is 13.8 Å². The summed E-state index contributed by atoms with van der Waals surface area (Å²) in [6.07, 6.45) is -2.24. The van der Waals surface area contributed by atoms with E-state index in [4.69, 9.17) is 18.9 Å². The molecule has 0 radical (unpaired) electrons. The fourth-order valence-corrected chi connectivity index (χ4v) is 2.29. The number of rotatable bonds is 4. The van der Waals surface area contributed by atoms with Gasteiger partial charge >= 0.3 is 7.60 Å². The summed E-state index contributed by atoms with van der Waals surface area (Å²) in [5.74, 6) is 0. The average molecular weight is 238 g/mol. The third-order valence-electron chi connectivity index (χ3n) is 2.22. The second-order valence-electron chi connectivity index (χ2n) is 3.70. The van der Waals surface area contributed by atoms with Crippen molar-refractivity contribution in [1.29, 1.82) is 0 Å². The van der Waals surface area contributed by atoms with Gasteiger partial charge in [-0.2, -0.15) is 0 Å². The molecule has 5 atom stereocenters. The molecule has 8 heteroatoms. The van der Waals surface area contributed by atoms with E-state index in [9.17, 15) is 9.67 Å². The highest BCUT2D eigenvalue weighted by molar-refractivity contribution is 7.51. The standard InChI is InChI=1S/C7H16BO6P/c1-12-3-4-6(14-15(2,10)11)5(9)7(8)13-4/h4-7,9H,3,8H2,1-2H3,(H,10,11)/t4-,5?,6+,7-/m1/s1. The van der Waals surface area contributed by atoms with Crippen LogP contribution in [0.25, 0.3) is 0 Å². The summed E-state index contributed by atoms with van der Waals surface area (Å²) >= 11 is 0. The van der Waals surface area contributed by atoms with Gasteiger partial charge in [-0.05, 0) is 0 Å². The van der Waals surface area contributed by atoms with Gasteiger partial charge in [-0.25, -0.2) is 0 Å². The number of aliphatic hydroxyl groups is 1. The van der Waals surface area contributed by atoms with Gasteiger partial charge in [0.2, 0.25) is 0 Å². The van der Waals surface area contributed by atoms with Crippen molar-refractivity contribution in [1.82, 2.24) is 0 Å². The molecule has 1 aliphatic heterocycles. The quantitative estimate of drug-likeness (QED) is 0.460. The summed E-state index contributed by atoms with van der Waals surface area (Å²) in [5, 5.41) is 9.68. The van der Waals surface area contributed by atoms with Gasteiger partial charge in [-0.15, -0.1) is 0 Å². The number of hydrogen-bond donors (Lipinski definition) is 2. The Labute approximate surface area is 89.5 Å². The first kappa shape index (κ1) is 13.2. The maximum absolute atomic E-state index is 11.1. The van der Waals surface area contributed by atoms with Gasteiger partial charge < -0.3 is 19.5 Å². The van der Waals surface area contributed by atoms with Crippen LogP contribution >= 0.6 is 7.60 Å². The van der Waals surface area contributed by atoms with Crippen LogP contribution in [0.4, 0.5) is 0 Å². The highest BCUT2D eigenvalue weighted by atomic mass is 31.2. The van der Waals surface area contributed by atoms with Crippen molar-refractivity contribution >= 4 is 15.4 Å². The first-order chi connectivity index (χ1) is 6.85. The molecule has 6 nitrogen and oxygen atoms in total. The van der Waals surface area contributed by atoms with Crippen molar-refractivity contribution in [2.75, 3.05) is 20.4 Å². The molecule has 0 saturated carbocycles. The molecule has 1 aliphatic rings. The SMILES string of the molecule is B[C@@H]1O[C@H](COC)[C@H](OP(C)(=O)O)C1O. The number of ether oxygens (including phenoxy) is 2. The number of methoxy groups -OCH3 is 1. The largest absolute Gasteiger partial charge is 0.388 e. The molecule has 1 saturated heterocycles. The van der Waals surface area contributed by atoms with E-state index in [0.717, 1.165) is 6.66 Å². The van der Waals surface area contributed by atoms with E-state index in [-0.39, 0.29) is 6.61 Å². The van der Waals surface area contributed by atoms with Crippen molar-refractivity contribution in [2.24, 2.45) is 0 Å². The molecule has 1 heterocycles. The molecular weight excluding hydrogens is 222 g/mol. The van der Waals surface area contributed by atoms with Crippen LogP contribution in [0.15, 0.2) is 0 Å². The Morgan fingerprint density at radius 1 is 1.60 bits per heavy atom. The van der Waals surface area contributed by atoms with Gasteiger partial charge in [0.1, 0.15) is 26.2 Å². The van der Waals surface area contributed by atoms with Gasteiger partial charge in [-0.1, -0.05) is 0 Å². The molecule has 0 amide bonds. The second kappa shape index (κ2) is 4.95. The Bertz CT molecular complexity index is 256. The predicted octanol–water partition coefficient (Wildman–Crippen LogP) is -1.45. The van der Waals surface area contributed by atoms with E-state index in [1.54, 1.807) is 7.85 Å². The topological polar surface area (TPSA) is 85.2 Å². The Kier molecular flexibility index (Phi) is 4.34. The van der Waals surface area contributed by atoms with Crippen LogP contribution in [-0.4, -0.2) is 62.5 Å². The van der Waals surface area contributed by atoms with Gasteiger partial charge in [-0.3, -0.25) is 9.09 Å². The number of aliphatic hydroxyl groups excluding tert-OH is 1. The van der Waals surface area contributed by atoms with Crippen LogP contribution in [0.5, 0.6) is 0 Å². The van der Waals surface area contributed by atoms with Gasteiger partial charge in [0.05, 0.1) is 12.6 Å². The smallest absolute Gasteiger partial charge is 0.325 e. The molecule has 88 valence electrons. The molecule has 0 aromatic rings. The van der Waals surface area contributed by atoms with E-state index >= 15 is 0 Å². The third kappa shape index (κ3) is 3.55. The zero-order valence-corrected chi connectivity index (χ0v) is 9.89. The minimum atomic E-state index is -3.64. The van der Waals surface area contributed by atoms with E-state index in [0.29, 0.717) is 0 Å². The minimum absolute atomic E-state index is 0.214. The molecule has 2 unspecified atom stereocenters. The Morgan fingerprint density at radius 3 is 2.67 bits per heavy atom. The van der Waals surface area contributed by atoms with E-state index < -0.39 is 31.9 Å². The normalized spacial score (nSPS) is 40.3. The molecular formula is C7H16BO6P. The molecule has 0 aromatic heterocycles. The molecule has 0 aromatic carbocycles. The lowest BCUT2D eigenvalue weighted by Gasteiger charge is -2.21. The molecule has 15 heavy (non-hydrogen) atoms. The Hall–Kier alpha value is 0.0949. The van der Waals surface area contributed by atoms with Gasteiger partial charge in [0.15, 0.2) is 0 Å². The first-order valence-electron chi connectivity index (χ1n) is 4.66. The summed E-state index contributed by atoms with van der Waals surface area (Å²) in [7, 11) is -0.474. The van der Waals surface area contributed by atoms with Gasteiger partial charge in [0.25, 0.3) is 0 Å². The van der Waals surface area contributed by atoms with Crippen LogP contribution in [0.2, 0.25) is 0 Å². The zero-order chi connectivity index (χ0) is 11.6. The Balaban J connectivity index is 2.68. The zero-order valence-electron chi connectivity index (χ0n) is 8.99. The van der Waals surface area contributed by atoms with Crippen LogP contribution in [0.1, 0.15) is 0 Å². The average Bonchev–Trinajstić information content (AvgIpc) is 2.32. The first-order valence-corrected chi connectivity index (χ1v) is 6.68. The van der Waals surface area contributed by atoms with E-state index in [1.165, 1.54) is 7.11 Å². The molecule has 1 fully saturated rings. The van der Waals surface area contributed by atoms with Crippen molar-refractivity contribution < 1.29 is 28.6 Å². The van der Waals surface area contributed by atoms with Crippen molar-refractivity contribution in [3.05, 3.63) is 0 Å². The summed E-state index contributed by atoms with van der Waals surface area (Å²) < 4.78 is 26.2. The maximum Gasteiger partial charge on any atom is 0.325 e. The van der Waals surface area contributed by atoms with Crippen LogP contribution in [0.3, 0.4) is 0 Å². The molecule has 2 N–H and O–H groups in total. The van der Waals surface area contributed by atoms with E-state index in [1.807, 2.05) is 0 Å². The minimum Gasteiger partial charge on any atom is -0.388 e. The van der Waals surface area contributed by atoms with Crippen LogP contribution in [0, 0.1) is 0 Å². The van der Waals surface area contributed by atoms with Crippen LogP contribution in [-0.2, 0) is 18.6 Å². The number of hydrogen-bond acceptors (Lipinski definition) is 5. The summed E-state index contributed by atoms with van der Waals surface area (Å²) in [6, 6.07) is -0.429. The summed E-state index contributed by atoms with van der Waals surface area (Å²) in [4.78, 5) is 9.09. The fraction of sp³-hybridized carbons (Fsp3) is 1.00. The highest BCUT2D eigenvalue weighted by Gasteiger charge is 2.44. The third-order valence-corrected chi connectivity index (χ3v) is 2.86. The molecule has 0 spiro atoms. The van der Waals surface area contributed by atoms with E-state index in [2.05, 4.69) is 0 Å². The second-order valence-corrected chi connectivity index (χ2v) is 5.52. The summed E-state index contributed by atoms with van der Waals surface area (Å²) in [6.45, 7) is 1.29. The lowest BCUT2D eigenvalue weighted by atomic mass is 9.93. The molecule has 1 rings (SSSR count). The monoisotopic (exact) mass is 238 g/mol. The highest BCUT2D eigenvalue weighted by Crippen LogP contribution is 2.42. The fourth-order valence-electron chi connectivity index (χ4n) is 1.58. The maximum atomic E-state index is 11.1. The molecule has 0 bridgehead atoms. The lowest BCUT2D eigenvalue weighted by Crippen LogP contribution is -2.36. The Morgan fingerprint density at radius 2 is 2.20 bits per heavy atom. The predicted molar refractivity (Wildman–Crippen MR) is 55.7 cm³/mol. The van der Waals surface area contributed by atoms with Crippen LogP contribution < -0.4 is 0 Å². The summed E-state index contributed by atoms with van der Waals surface area (Å²) in [5.41, 5.74) is 0. The van der Waals surface area contributed by atoms with Crippen molar-refractivity contribution in [2.45, 2.75) is 24.3 Å². The van der Waals surface area contributed by atoms with Crippen molar-refractivity contribution in [3.63, 3.8) is 0 Å². The lowest BCUT2D eigenvalue weighted by molar-refractivity contribution is -0.0143.